The molecule has 0 spiro atoms. The highest BCUT2D eigenvalue weighted by atomic mass is 19.4. The van der Waals surface area contributed by atoms with Gasteiger partial charge in [0, 0.05) is 17.2 Å². The van der Waals surface area contributed by atoms with E-state index in [1.165, 1.54) is 25.3 Å². The van der Waals surface area contributed by atoms with Crippen LogP contribution in [0.3, 0.4) is 0 Å². The molecule has 8 heteroatoms. The maximum Gasteiger partial charge on any atom is 0.416 e. The molecule has 162 valence electrons. The summed E-state index contributed by atoms with van der Waals surface area (Å²) in [6.07, 6.45) is -1.40. The van der Waals surface area contributed by atoms with Crippen LogP contribution in [-0.2, 0) is 22.3 Å². The molecular weight excluding hydrogens is 411 g/mol. The molecule has 0 unspecified atom stereocenters. The first-order valence-electron chi connectivity index (χ1n) is 9.31. The van der Waals surface area contributed by atoms with Crippen LogP contribution >= 0.6 is 0 Å². The molecule has 0 amide bonds. The Balaban J connectivity index is 1.69. The summed E-state index contributed by atoms with van der Waals surface area (Å²) >= 11 is 0. The van der Waals surface area contributed by atoms with Gasteiger partial charge in [0.15, 0.2) is 5.76 Å². The van der Waals surface area contributed by atoms with Gasteiger partial charge in [0.1, 0.15) is 18.1 Å². The third kappa shape index (κ3) is 5.33. The summed E-state index contributed by atoms with van der Waals surface area (Å²) < 4.78 is 53.9. The predicted molar refractivity (Wildman–Crippen MR) is 108 cm³/mol. The van der Waals surface area contributed by atoms with Gasteiger partial charge in [0.05, 0.1) is 12.7 Å². The van der Waals surface area contributed by atoms with E-state index in [0.29, 0.717) is 28.3 Å². The first kappa shape index (κ1) is 22.1. The predicted octanol–water partition coefficient (Wildman–Crippen LogP) is 5.74. The quantitative estimate of drug-likeness (QED) is 0.368. The van der Waals surface area contributed by atoms with Crippen molar-refractivity contribution >= 4 is 12.0 Å². The van der Waals surface area contributed by atoms with E-state index < -0.39 is 17.7 Å². The van der Waals surface area contributed by atoms with Gasteiger partial charge in [-0.3, -0.25) is 0 Å². The van der Waals surface area contributed by atoms with E-state index >= 15 is 0 Å². The minimum Gasteiger partial charge on any atom is -0.487 e. The lowest BCUT2D eigenvalue weighted by molar-refractivity contribution is -0.137. The molecule has 2 aromatic carbocycles. The van der Waals surface area contributed by atoms with Gasteiger partial charge in [-0.15, -0.1) is 0 Å². The van der Waals surface area contributed by atoms with Crippen molar-refractivity contribution in [2.75, 3.05) is 7.11 Å². The molecule has 0 saturated heterocycles. The van der Waals surface area contributed by atoms with Gasteiger partial charge in [0.25, 0.3) is 0 Å². The van der Waals surface area contributed by atoms with E-state index in [4.69, 9.17) is 9.26 Å². The highest BCUT2D eigenvalue weighted by molar-refractivity contribution is 5.87. The number of hydrogen-bond donors (Lipinski definition) is 0. The number of methoxy groups -OCH3 is 1. The maximum atomic E-state index is 12.7. The van der Waals surface area contributed by atoms with Crippen molar-refractivity contribution in [3.63, 3.8) is 0 Å². The van der Waals surface area contributed by atoms with Crippen molar-refractivity contribution in [2.24, 2.45) is 0 Å². The first-order valence-corrected chi connectivity index (χ1v) is 9.31. The summed E-state index contributed by atoms with van der Waals surface area (Å²) in [6, 6.07) is 10.1. The Bertz CT molecular complexity index is 1100. The Morgan fingerprint density at radius 1 is 1.13 bits per heavy atom. The van der Waals surface area contributed by atoms with Crippen molar-refractivity contribution in [3.8, 4) is 17.1 Å². The summed E-state index contributed by atoms with van der Waals surface area (Å²) in [6.45, 7) is 3.79. The summed E-state index contributed by atoms with van der Waals surface area (Å²) in [5, 5.41) is 3.99. The highest BCUT2D eigenvalue weighted by Crippen LogP contribution is 2.32. The van der Waals surface area contributed by atoms with E-state index in [0.717, 1.165) is 23.3 Å². The number of rotatable bonds is 6. The van der Waals surface area contributed by atoms with Crippen LogP contribution in [0.15, 0.2) is 53.1 Å². The van der Waals surface area contributed by atoms with Crippen LogP contribution in [0.5, 0.6) is 5.75 Å². The SMILES string of the molecule is COC(=O)C=Cc1ccc(OCc2noc(-c3ccc(C(F)(F)F)cc3)c2C)cc1C. The standard InChI is InChI=1S/C23H20F3NO4/c1-14-12-19(10-6-16(14)7-11-21(28)29-3)30-13-20-15(2)22(31-27-20)17-4-8-18(9-5-17)23(24,25)26/h4-12H,13H2,1-3H3. The van der Waals surface area contributed by atoms with Crippen LogP contribution in [0.4, 0.5) is 13.2 Å². The molecule has 0 fully saturated rings. The largest absolute Gasteiger partial charge is 0.487 e. The monoisotopic (exact) mass is 431 g/mol. The molecule has 0 radical (unpaired) electrons. The Morgan fingerprint density at radius 3 is 2.45 bits per heavy atom. The number of ether oxygens (including phenoxy) is 2. The topological polar surface area (TPSA) is 61.6 Å². The average molecular weight is 431 g/mol. The number of esters is 1. The van der Waals surface area contributed by atoms with Gasteiger partial charge in [-0.25, -0.2) is 4.79 Å². The van der Waals surface area contributed by atoms with Gasteiger partial charge >= 0.3 is 12.1 Å². The molecule has 5 nitrogen and oxygen atoms in total. The third-order valence-electron chi connectivity index (χ3n) is 4.71. The molecule has 31 heavy (non-hydrogen) atoms. The molecule has 3 aromatic rings. The average Bonchev–Trinajstić information content (AvgIpc) is 3.11. The van der Waals surface area contributed by atoms with Crippen molar-refractivity contribution in [1.29, 1.82) is 0 Å². The number of carbonyl (C=O) groups is 1. The zero-order valence-electron chi connectivity index (χ0n) is 17.1. The van der Waals surface area contributed by atoms with Crippen LogP contribution in [0, 0.1) is 13.8 Å². The summed E-state index contributed by atoms with van der Waals surface area (Å²) in [5.74, 6) is 0.558. The number of hydrogen-bond acceptors (Lipinski definition) is 5. The zero-order valence-corrected chi connectivity index (χ0v) is 17.1. The number of aromatic nitrogens is 1. The lowest BCUT2D eigenvalue weighted by Gasteiger charge is -2.08. The number of aryl methyl sites for hydroxylation is 1. The second-order valence-corrected chi connectivity index (χ2v) is 6.82. The van der Waals surface area contributed by atoms with Crippen LogP contribution in [0.25, 0.3) is 17.4 Å². The van der Waals surface area contributed by atoms with E-state index in [1.807, 2.05) is 19.1 Å². The minimum atomic E-state index is -4.39. The molecule has 0 aliphatic heterocycles. The van der Waals surface area contributed by atoms with Crippen molar-refractivity contribution < 1.29 is 32.0 Å². The summed E-state index contributed by atoms with van der Waals surface area (Å²) in [4.78, 5) is 11.2. The third-order valence-corrected chi connectivity index (χ3v) is 4.71. The smallest absolute Gasteiger partial charge is 0.416 e. The lowest BCUT2D eigenvalue weighted by atomic mass is 10.1. The van der Waals surface area contributed by atoms with E-state index in [2.05, 4.69) is 9.89 Å². The van der Waals surface area contributed by atoms with Crippen LogP contribution in [-0.4, -0.2) is 18.2 Å². The van der Waals surface area contributed by atoms with Gasteiger partial charge in [-0.2, -0.15) is 13.2 Å². The van der Waals surface area contributed by atoms with Gasteiger partial charge in [0.2, 0.25) is 0 Å². The van der Waals surface area contributed by atoms with Gasteiger partial charge in [-0.05, 0) is 55.3 Å². The number of halogens is 3. The molecule has 3 rings (SSSR count). The molecule has 0 aliphatic carbocycles. The van der Waals surface area contributed by atoms with E-state index in [9.17, 15) is 18.0 Å². The number of carbonyl (C=O) groups excluding carboxylic acids is 1. The zero-order chi connectivity index (χ0) is 22.6. The Morgan fingerprint density at radius 2 is 1.84 bits per heavy atom. The molecule has 0 atom stereocenters. The molecule has 1 heterocycles. The summed E-state index contributed by atoms with van der Waals surface area (Å²) in [5.41, 5.74) is 2.76. The maximum absolute atomic E-state index is 12.7. The number of nitrogens with zero attached hydrogens (tertiary/aromatic N) is 1. The number of alkyl halides is 3. The van der Waals surface area contributed by atoms with Gasteiger partial charge < -0.3 is 14.0 Å². The molecule has 0 N–H and O–H groups in total. The van der Waals surface area contributed by atoms with Crippen LogP contribution < -0.4 is 4.74 Å². The fourth-order valence-electron chi connectivity index (χ4n) is 2.89. The van der Waals surface area contributed by atoms with Crippen LogP contribution in [0.1, 0.15) is 27.9 Å². The highest BCUT2D eigenvalue weighted by Gasteiger charge is 2.30. The van der Waals surface area contributed by atoms with Crippen LogP contribution in [0.2, 0.25) is 0 Å². The van der Waals surface area contributed by atoms with E-state index in [-0.39, 0.29) is 6.61 Å². The Kier molecular flexibility index (Phi) is 6.48. The lowest BCUT2D eigenvalue weighted by Crippen LogP contribution is -2.04. The second kappa shape index (κ2) is 9.07. The number of benzene rings is 2. The fourth-order valence-corrected chi connectivity index (χ4v) is 2.89. The Labute approximate surface area is 177 Å². The molecule has 0 aliphatic rings. The normalized spacial score (nSPS) is 11.7. The molecule has 1 aromatic heterocycles. The van der Waals surface area contributed by atoms with Crippen molar-refractivity contribution in [3.05, 3.63) is 76.5 Å². The molecule has 0 saturated carbocycles. The summed E-state index contributed by atoms with van der Waals surface area (Å²) in [7, 11) is 1.31. The fraction of sp³-hybridized carbons (Fsp3) is 0.217. The van der Waals surface area contributed by atoms with Gasteiger partial charge in [-0.1, -0.05) is 23.4 Å². The van der Waals surface area contributed by atoms with Crippen molar-refractivity contribution in [2.45, 2.75) is 26.6 Å². The molecular formula is C23H20F3NO4. The van der Waals surface area contributed by atoms with Crippen molar-refractivity contribution in [1.82, 2.24) is 5.16 Å². The Hall–Kier alpha value is -3.55. The minimum absolute atomic E-state index is 0.132. The first-order chi connectivity index (χ1) is 14.7. The molecule has 0 bridgehead atoms. The second-order valence-electron chi connectivity index (χ2n) is 6.82. The van der Waals surface area contributed by atoms with E-state index in [1.54, 1.807) is 19.1 Å².